The Hall–Kier alpha value is -3.24. The Labute approximate surface area is 210 Å². The molecular weight excluding hydrogens is 483 g/mol. The number of para-hydroxylation sites is 1. The summed E-state index contributed by atoms with van der Waals surface area (Å²) >= 11 is 0. The van der Waals surface area contributed by atoms with E-state index >= 15 is 0 Å². The second kappa shape index (κ2) is 10.8. The third-order valence-electron chi connectivity index (χ3n) is 6.36. The number of carbonyl (C=O) groups excluding carboxylic acids is 1. The Morgan fingerprint density at radius 3 is 2.31 bits per heavy atom. The zero-order valence-corrected chi connectivity index (χ0v) is 21.3. The minimum atomic E-state index is -3.99. The third kappa shape index (κ3) is 5.44. The molecule has 1 fully saturated rings. The van der Waals surface area contributed by atoms with E-state index in [-0.39, 0.29) is 41.6 Å². The van der Waals surface area contributed by atoms with Gasteiger partial charge in [0.05, 0.1) is 5.69 Å². The molecular formula is C26H31FN4O4S. The number of piperazine rings is 1. The van der Waals surface area contributed by atoms with Gasteiger partial charge in [0, 0.05) is 49.7 Å². The van der Waals surface area contributed by atoms with Gasteiger partial charge in [-0.2, -0.15) is 4.31 Å². The molecule has 2 heterocycles. The van der Waals surface area contributed by atoms with Crippen molar-refractivity contribution in [3.63, 3.8) is 0 Å². The van der Waals surface area contributed by atoms with Gasteiger partial charge in [-0.3, -0.25) is 9.59 Å². The van der Waals surface area contributed by atoms with Crippen LogP contribution in [0.15, 0.2) is 64.4 Å². The minimum absolute atomic E-state index is 0.0213. The fourth-order valence-corrected chi connectivity index (χ4v) is 6.00. The molecule has 0 saturated carbocycles. The van der Waals surface area contributed by atoms with Crippen molar-refractivity contribution in [2.45, 2.75) is 31.7 Å². The Balaban J connectivity index is 1.61. The van der Waals surface area contributed by atoms with Crippen molar-refractivity contribution in [3.8, 4) is 0 Å². The highest BCUT2D eigenvalue weighted by atomic mass is 32.2. The maximum atomic E-state index is 14.2. The Morgan fingerprint density at radius 1 is 1.00 bits per heavy atom. The Bertz CT molecular complexity index is 1410. The van der Waals surface area contributed by atoms with E-state index in [0.717, 1.165) is 11.0 Å². The Morgan fingerprint density at radius 2 is 1.64 bits per heavy atom. The molecule has 1 amide bonds. The van der Waals surface area contributed by atoms with Crippen molar-refractivity contribution in [1.29, 1.82) is 0 Å². The number of hydrogen-bond acceptors (Lipinski definition) is 5. The lowest BCUT2D eigenvalue weighted by Gasteiger charge is -2.35. The summed E-state index contributed by atoms with van der Waals surface area (Å²) in [6.45, 7) is 5.30. The topological polar surface area (TPSA) is 91.7 Å². The monoisotopic (exact) mass is 514 g/mol. The van der Waals surface area contributed by atoms with E-state index in [1.807, 2.05) is 18.7 Å². The summed E-state index contributed by atoms with van der Waals surface area (Å²) in [6, 6.07) is 12.9. The van der Waals surface area contributed by atoms with Gasteiger partial charge >= 0.3 is 0 Å². The van der Waals surface area contributed by atoms with Gasteiger partial charge in [-0.1, -0.05) is 44.2 Å². The van der Waals surface area contributed by atoms with Gasteiger partial charge < -0.3 is 14.8 Å². The van der Waals surface area contributed by atoms with E-state index in [1.165, 1.54) is 16.6 Å². The van der Waals surface area contributed by atoms with Crippen LogP contribution in [0.5, 0.6) is 0 Å². The molecule has 192 valence electrons. The van der Waals surface area contributed by atoms with E-state index in [2.05, 4.69) is 5.32 Å². The Kier molecular flexibility index (Phi) is 7.75. The van der Waals surface area contributed by atoms with Crippen LogP contribution in [0.25, 0.3) is 10.8 Å². The third-order valence-corrected chi connectivity index (χ3v) is 8.29. The van der Waals surface area contributed by atoms with E-state index in [1.54, 1.807) is 42.5 Å². The second-order valence-electron chi connectivity index (χ2n) is 9.35. The first-order chi connectivity index (χ1) is 17.2. The molecule has 8 nitrogen and oxygen atoms in total. The van der Waals surface area contributed by atoms with E-state index in [9.17, 15) is 22.4 Å². The summed E-state index contributed by atoms with van der Waals surface area (Å²) in [5.74, 6) is -0.280. The van der Waals surface area contributed by atoms with Crippen LogP contribution in [0.4, 0.5) is 10.1 Å². The van der Waals surface area contributed by atoms with Crippen LogP contribution in [0.2, 0.25) is 0 Å². The van der Waals surface area contributed by atoms with Crippen LogP contribution in [0.1, 0.15) is 20.3 Å². The van der Waals surface area contributed by atoms with Gasteiger partial charge in [-0.25, -0.2) is 12.8 Å². The standard InChI is InChI=1S/C26H31FN4O4S/c1-19(2)11-12-28-25(32)18-30-17-24(20-7-3-4-8-21(20)26(30)33)36(34,35)31-15-13-29(14-16-31)23-10-6-5-9-22(23)27/h3-10,17,19H,11-16,18H2,1-2H3,(H,28,32). The first kappa shape index (κ1) is 25.8. The van der Waals surface area contributed by atoms with Crippen molar-refractivity contribution in [2.24, 2.45) is 5.92 Å². The number of aromatic nitrogens is 1. The predicted molar refractivity (Wildman–Crippen MR) is 138 cm³/mol. The zero-order valence-electron chi connectivity index (χ0n) is 20.5. The summed E-state index contributed by atoms with van der Waals surface area (Å²) in [6.07, 6.45) is 2.07. The molecule has 1 N–H and O–H groups in total. The molecule has 1 aliphatic rings. The lowest BCUT2D eigenvalue weighted by atomic mass is 10.1. The fourth-order valence-electron chi connectivity index (χ4n) is 4.36. The van der Waals surface area contributed by atoms with Crippen molar-refractivity contribution in [3.05, 3.63) is 70.9 Å². The summed E-state index contributed by atoms with van der Waals surface area (Å²) in [5.41, 5.74) is 0.0185. The predicted octanol–water partition coefficient (Wildman–Crippen LogP) is 2.81. The number of pyridine rings is 1. The lowest BCUT2D eigenvalue weighted by Crippen LogP contribution is -2.49. The van der Waals surface area contributed by atoms with Crippen LogP contribution >= 0.6 is 0 Å². The molecule has 1 aliphatic heterocycles. The van der Waals surface area contributed by atoms with Crippen molar-refractivity contribution < 1.29 is 17.6 Å². The number of hydrogen-bond donors (Lipinski definition) is 1. The van der Waals surface area contributed by atoms with Gasteiger partial charge in [0.1, 0.15) is 17.3 Å². The molecule has 36 heavy (non-hydrogen) atoms. The summed E-state index contributed by atoms with van der Waals surface area (Å²) in [7, 11) is -3.99. The van der Waals surface area contributed by atoms with Gasteiger partial charge in [0.2, 0.25) is 15.9 Å². The van der Waals surface area contributed by atoms with E-state index in [4.69, 9.17) is 0 Å². The fraction of sp³-hybridized carbons (Fsp3) is 0.385. The zero-order chi connectivity index (χ0) is 25.9. The first-order valence-corrected chi connectivity index (χ1v) is 13.5. The van der Waals surface area contributed by atoms with Crippen LogP contribution < -0.4 is 15.8 Å². The van der Waals surface area contributed by atoms with Gasteiger partial charge in [0.25, 0.3) is 5.56 Å². The SMILES string of the molecule is CC(C)CCNC(=O)Cn1cc(S(=O)(=O)N2CCN(c3ccccc3F)CC2)c2ccccc2c1=O. The molecule has 0 bridgehead atoms. The number of nitrogens with zero attached hydrogens (tertiary/aromatic N) is 3. The largest absolute Gasteiger partial charge is 0.367 e. The quantitative estimate of drug-likeness (QED) is 0.499. The number of benzene rings is 2. The van der Waals surface area contributed by atoms with Crippen molar-refractivity contribution >= 4 is 32.4 Å². The molecule has 10 heteroatoms. The molecule has 1 aromatic heterocycles. The van der Waals surface area contributed by atoms with Crippen LogP contribution in [-0.2, 0) is 21.4 Å². The smallest absolute Gasteiger partial charge is 0.258 e. The number of carbonyl (C=O) groups is 1. The number of halogens is 1. The molecule has 0 spiro atoms. The summed E-state index contributed by atoms with van der Waals surface area (Å²) in [5, 5.41) is 3.34. The average Bonchev–Trinajstić information content (AvgIpc) is 2.86. The second-order valence-corrected chi connectivity index (χ2v) is 11.3. The molecule has 3 aromatic rings. The normalized spacial score (nSPS) is 14.9. The molecule has 4 rings (SSSR count). The molecule has 2 aromatic carbocycles. The lowest BCUT2D eigenvalue weighted by molar-refractivity contribution is -0.121. The van der Waals surface area contributed by atoms with Gasteiger partial charge in [-0.15, -0.1) is 0 Å². The molecule has 1 saturated heterocycles. The molecule has 0 aliphatic carbocycles. The number of amides is 1. The van der Waals surface area contributed by atoms with Gasteiger partial charge in [0.15, 0.2) is 0 Å². The number of anilines is 1. The average molecular weight is 515 g/mol. The first-order valence-electron chi connectivity index (χ1n) is 12.1. The van der Waals surface area contributed by atoms with Crippen LogP contribution in [0.3, 0.4) is 0 Å². The van der Waals surface area contributed by atoms with E-state index < -0.39 is 15.6 Å². The molecule has 0 atom stereocenters. The minimum Gasteiger partial charge on any atom is -0.367 e. The van der Waals surface area contributed by atoms with Crippen LogP contribution in [0, 0.1) is 11.7 Å². The maximum absolute atomic E-state index is 14.2. The number of rotatable bonds is 8. The van der Waals surface area contributed by atoms with Crippen LogP contribution in [-0.4, -0.2) is 55.9 Å². The summed E-state index contributed by atoms with van der Waals surface area (Å²) in [4.78, 5) is 27.3. The van der Waals surface area contributed by atoms with Crippen molar-refractivity contribution in [1.82, 2.24) is 14.2 Å². The number of fused-ring (bicyclic) bond motifs is 1. The van der Waals surface area contributed by atoms with Gasteiger partial charge in [-0.05, 0) is 30.5 Å². The highest BCUT2D eigenvalue weighted by Gasteiger charge is 2.31. The molecule has 0 unspecified atom stereocenters. The number of sulfonamides is 1. The maximum Gasteiger partial charge on any atom is 0.258 e. The molecule has 0 radical (unpaired) electrons. The highest BCUT2D eigenvalue weighted by Crippen LogP contribution is 2.26. The van der Waals surface area contributed by atoms with E-state index in [0.29, 0.717) is 36.6 Å². The number of nitrogens with one attached hydrogen (secondary N) is 1. The summed E-state index contributed by atoms with van der Waals surface area (Å²) < 4.78 is 44.2. The highest BCUT2D eigenvalue weighted by molar-refractivity contribution is 7.89. The van der Waals surface area contributed by atoms with Crippen molar-refractivity contribution in [2.75, 3.05) is 37.6 Å².